The third-order valence-electron chi connectivity index (χ3n) is 4.89. The maximum Gasteiger partial charge on any atom is 0.418 e. The Bertz CT molecular complexity index is 1140. The van der Waals surface area contributed by atoms with E-state index < -0.39 is 47.7 Å². The topological polar surface area (TPSA) is 78.5 Å². The molecule has 0 fully saturated rings. The third kappa shape index (κ3) is 6.67. The summed E-state index contributed by atoms with van der Waals surface area (Å²) in [5, 5.41) is 6.65. The van der Waals surface area contributed by atoms with E-state index in [-0.39, 0.29) is 6.42 Å². The standard InChI is InChI=1S/C24H22F3N3O3S/c1-30(15-21(31)28-18-11-6-5-10-17(18)24(25,26)27)23(33)19(14-16-8-3-2-4-9-16)29-22(32)20-12-7-13-34-20/h2-13,19H,14-15H2,1H3,(H,28,31)(H,29,32)/t19-/m0/s1. The number of amides is 3. The van der Waals surface area contributed by atoms with E-state index in [1.807, 2.05) is 6.07 Å². The Hall–Kier alpha value is -3.66. The van der Waals surface area contributed by atoms with Crippen LogP contribution in [-0.4, -0.2) is 42.3 Å². The average molecular weight is 490 g/mol. The average Bonchev–Trinajstić information content (AvgIpc) is 3.33. The highest BCUT2D eigenvalue weighted by atomic mass is 32.1. The van der Waals surface area contributed by atoms with Gasteiger partial charge in [-0.3, -0.25) is 14.4 Å². The molecule has 3 rings (SSSR count). The number of thiophene rings is 1. The van der Waals surface area contributed by atoms with E-state index in [2.05, 4.69) is 10.6 Å². The van der Waals surface area contributed by atoms with E-state index >= 15 is 0 Å². The molecule has 178 valence electrons. The van der Waals surface area contributed by atoms with Crippen molar-refractivity contribution in [2.45, 2.75) is 18.6 Å². The van der Waals surface area contributed by atoms with Gasteiger partial charge in [0.05, 0.1) is 22.7 Å². The zero-order chi connectivity index (χ0) is 24.7. The van der Waals surface area contributed by atoms with Crippen LogP contribution in [0, 0.1) is 0 Å². The molecule has 34 heavy (non-hydrogen) atoms. The molecule has 1 aromatic heterocycles. The minimum Gasteiger partial charge on any atom is -0.339 e. The second-order valence-electron chi connectivity index (χ2n) is 7.48. The van der Waals surface area contributed by atoms with E-state index in [9.17, 15) is 27.6 Å². The van der Waals surface area contributed by atoms with E-state index in [1.165, 1.54) is 30.5 Å². The van der Waals surface area contributed by atoms with Gasteiger partial charge in [-0.05, 0) is 29.1 Å². The Morgan fingerprint density at radius 2 is 1.65 bits per heavy atom. The van der Waals surface area contributed by atoms with Crippen molar-refractivity contribution in [3.63, 3.8) is 0 Å². The minimum atomic E-state index is -4.64. The highest BCUT2D eigenvalue weighted by Gasteiger charge is 2.34. The summed E-state index contributed by atoms with van der Waals surface area (Å²) in [7, 11) is 1.35. The highest BCUT2D eigenvalue weighted by Crippen LogP contribution is 2.34. The van der Waals surface area contributed by atoms with Crippen LogP contribution in [0.5, 0.6) is 0 Å². The summed E-state index contributed by atoms with van der Waals surface area (Å²) in [6.45, 7) is -0.495. The fraction of sp³-hybridized carbons (Fsp3) is 0.208. The van der Waals surface area contributed by atoms with Gasteiger partial charge in [-0.15, -0.1) is 11.3 Å². The van der Waals surface area contributed by atoms with E-state index in [0.717, 1.165) is 22.6 Å². The number of nitrogens with zero attached hydrogens (tertiary/aromatic N) is 1. The summed E-state index contributed by atoms with van der Waals surface area (Å²) in [5.74, 6) is -1.77. The van der Waals surface area contributed by atoms with Crippen LogP contribution in [0.3, 0.4) is 0 Å². The lowest BCUT2D eigenvalue weighted by Crippen LogP contribution is -2.50. The summed E-state index contributed by atoms with van der Waals surface area (Å²) in [5.41, 5.74) is -0.584. The van der Waals surface area contributed by atoms with E-state index in [1.54, 1.807) is 41.8 Å². The first kappa shape index (κ1) is 25.0. The Morgan fingerprint density at radius 1 is 0.971 bits per heavy atom. The molecular formula is C24H22F3N3O3S. The number of rotatable bonds is 8. The van der Waals surface area contributed by atoms with E-state index in [4.69, 9.17) is 0 Å². The number of nitrogens with one attached hydrogen (secondary N) is 2. The number of hydrogen-bond donors (Lipinski definition) is 2. The molecule has 3 aromatic rings. The van der Waals surface area contributed by atoms with Gasteiger partial charge in [0.15, 0.2) is 0 Å². The number of halogens is 3. The number of benzene rings is 2. The number of likely N-dealkylation sites (N-methyl/N-ethyl adjacent to an activating group) is 1. The largest absolute Gasteiger partial charge is 0.418 e. The van der Waals surface area contributed by atoms with Crippen LogP contribution in [0.4, 0.5) is 18.9 Å². The normalized spacial score (nSPS) is 12.0. The van der Waals surface area contributed by atoms with Gasteiger partial charge in [-0.25, -0.2) is 0 Å². The summed E-state index contributed by atoms with van der Waals surface area (Å²) >= 11 is 1.22. The second kappa shape index (κ2) is 11.0. The first-order valence-electron chi connectivity index (χ1n) is 10.2. The number of carbonyl (C=O) groups excluding carboxylic acids is 3. The highest BCUT2D eigenvalue weighted by molar-refractivity contribution is 7.12. The Morgan fingerprint density at radius 3 is 2.29 bits per heavy atom. The summed E-state index contributed by atoms with van der Waals surface area (Å²) in [6.07, 6.45) is -4.46. The maximum absolute atomic E-state index is 13.2. The number of para-hydroxylation sites is 1. The third-order valence-corrected chi connectivity index (χ3v) is 5.76. The molecule has 0 aliphatic heterocycles. The van der Waals surface area contributed by atoms with Crippen molar-refractivity contribution < 1.29 is 27.6 Å². The lowest BCUT2D eigenvalue weighted by atomic mass is 10.0. The molecule has 0 unspecified atom stereocenters. The molecule has 0 aliphatic carbocycles. The van der Waals surface area contributed by atoms with Gasteiger partial charge in [-0.2, -0.15) is 13.2 Å². The fourth-order valence-corrected chi connectivity index (χ4v) is 3.90. The van der Waals surface area contributed by atoms with Crippen molar-refractivity contribution >= 4 is 34.7 Å². The van der Waals surface area contributed by atoms with Gasteiger partial charge in [0.25, 0.3) is 5.91 Å². The van der Waals surface area contributed by atoms with Crippen LogP contribution in [0.15, 0.2) is 72.1 Å². The van der Waals surface area contributed by atoms with Crippen LogP contribution in [0.2, 0.25) is 0 Å². The van der Waals surface area contributed by atoms with Gasteiger partial charge in [0, 0.05) is 13.5 Å². The van der Waals surface area contributed by atoms with Gasteiger partial charge in [0.1, 0.15) is 6.04 Å². The second-order valence-corrected chi connectivity index (χ2v) is 8.43. The number of alkyl halides is 3. The zero-order valence-corrected chi connectivity index (χ0v) is 19.0. The zero-order valence-electron chi connectivity index (χ0n) is 18.1. The van der Waals surface area contributed by atoms with Crippen molar-refractivity contribution in [1.82, 2.24) is 10.2 Å². The molecule has 0 spiro atoms. The molecule has 1 heterocycles. The van der Waals surface area contributed by atoms with Crippen LogP contribution in [0.1, 0.15) is 20.8 Å². The molecule has 0 saturated carbocycles. The van der Waals surface area contributed by atoms with Crippen molar-refractivity contribution in [2.75, 3.05) is 18.9 Å². The first-order valence-corrected chi connectivity index (χ1v) is 11.1. The molecule has 3 amide bonds. The Kier molecular flexibility index (Phi) is 8.06. The molecule has 0 radical (unpaired) electrons. The van der Waals surface area contributed by atoms with Crippen molar-refractivity contribution in [3.8, 4) is 0 Å². The smallest absolute Gasteiger partial charge is 0.339 e. The molecule has 2 aromatic carbocycles. The monoisotopic (exact) mass is 489 g/mol. The predicted octanol–water partition coefficient (Wildman–Crippen LogP) is 4.21. The van der Waals surface area contributed by atoms with Gasteiger partial charge >= 0.3 is 6.18 Å². The van der Waals surface area contributed by atoms with Crippen LogP contribution in [0.25, 0.3) is 0 Å². The lowest BCUT2D eigenvalue weighted by Gasteiger charge is -2.24. The molecule has 6 nitrogen and oxygen atoms in total. The van der Waals surface area contributed by atoms with Crippen molar-refractivity contribution in [1.29, 1.82) is 0 Å². The number of carbonyl (C=O) groups is 3. The maximum atomic E-state index is 13.2. The molecule has 0 aliphatic rings. The van der Waals surface area contributed by atoms with Crippen molar-refractivity contribution in [3.05, 3.63) is 88.1 Å². The number of anilines is 1. The fourth-order valence-electron chi connectivity index (χ4n) is 3.28. The first-order chi connectivity index (χ1) is 16.1. The molecule has 0 bridgehead atoms. The Balaban J connectivity index is 1.71. The van der Waals surface area contributed by atoms with Crippen molar-refractivity contribution in [2.24, 2.45) is 0 Å². The predicted molar refractivity (Wildman–Crippen MR) is 123 cm³/mol. The van der Waals surface area contributed by atoms with Gasteiger partial charge in [-0.1, -0.05) is 48.5 Å². The van der Waals surface area contributed by atoms with Crippen LogP contribution in [-0.2, 0) is 22.2 Å². The summed E-state index contributed by atoms with van der Waals surface area (Å²) < 4.78 is 39.6. The lowest BCUT2D eigenvalue weighted by molar-refractivity contribution is -0.137. The molecule has 0 saturated heterocycles. The number of hydrogen-bond acceptors (Lipinski definition) is 4. The van der Waals surface area contributed by atoms with Crippen LogP contribution < -0.4 is 10.6 Å². The summed E-state index contributed by atoms with van der Waals surface area (Å²) in [4.78, 5) is 39.6. The quantitative estimate of drug-likeness (QED) is 0.498. The van der Waals surface area contributed by atoms with E-state index in [0.29, 0.717) is 4.88 Å². The molecule has 10 heteroatoms. The van der Waals surface area contributed by atoms with Gasteiger partial charge in [0.2, 0.25) is 11.8 Å². The van der Waals surface area contributed by atoms with Gasteiger partial charge < -0.3 is 15.5 Å². The SMILES string of the molecule is CN(CC(=O)Nc1ccccc1C(F)(F)F)C(=O)[C@H](Cc1ccccc1)NC(=O)c1cccs1. The molecular weight excluding hydrogens is 467 g/mol. The molecule has 2 N–H and O–H groups in total. The Labute approximate surface area is 198 Å². The summed E-state index contributed by atoms with van der Waals surface area (Å²) in [6, 6.07) is 16.0. The minimum absolute atomic E-state index is 0.180. The molecule has 1 atom stereocenters. The van der Waals surface area contributed by atoms with Crippen LogP contribution >= 0.6 is 11.3 Å².